The molecule has 4 heteroatoms. The maximum atomic E-state index is 6.22. The van der Waals surface area contributed by atoms with E-state index in [-0.39, 0.29) is 12.1 Å². The third kappa shape index (κ3) is 3.45. The van der Waals surface area contributed by atoms with E-state index in [1.165, 1.54) is 4.90 Å². The molecule has 1 aliphatic heterocycles. The zero-order valence-electron chi connectivity index (χ0n) is 10.2. The molecule has 0 aromatic heterocycles. The van der Waals surface area contributed by atoms with Gasteiger partial charge in [0.2, 0.25) is 0 Å². The van der Waals surface area contributed by atoms with Crippen molar-refractivity contribution in [1.29, 1.82) is 0 Å². The van der Waals surface area contributed by atoms with E-state index >= 15 is 0 Å². The van der Waals surface area contributed by atoms with Crippen molar-refractivity contribution in [2.24, 2.45) is 5.73 Å². The van der Waals surface area contributed by atoms with Crippen LogP contribution >= 0.6 is 11.8 Å². The predicted octanol–water partition coefficient (Wildman–Crippen LogP) is 1.79. The number of nitrogens with two attached hydrogens (primary N) is 1. The second-order valence-corrected chi connectivity index (χ2v) is 5.48. The van der Waals surface area contributed by atoms with E-state index in [4.69, 9.17) is 10.5 Å². The lowest BCUT2D eigenvalue weighted by atomic mass is 10.0. The summed E-state index contributed by atoms with van der Waals surface area (Å²) in [5, 5.41) is 3.31. The van der Waals surface area contributed by atoms with Crippen LogP contribution in [-0.4, -0.2) is 31.6 Å². The average Bonchev–Trinajstić information content (AvgIpc) is 2.40. The lowest BCUT2D eigenvalue weighted by Gasteiger charge is -2.28. The van der Waals surface area contributed by atoms with E-state index < -0.39 is 0 Å². The summed E-state index contributed by atoms with van der Waals surface area (Å²) >= 11 is 1.85. The summed E-state index contributed by atoms with van der Waals surface area (Å²) in [4.78, 5) is 1.30. The number of nitrogens with one attached hydrogen (secondary N) is 1. The van der Waals surface area contributed by atoms with Crippen molar-refractivity contribution in [2.75, 3.05) is 25.4 Å². The number of hydrogen-bond donors (Lipinski definition) is 2. The molecule has 0 radical (unpaired) electrons. The van der Waals surface area contributed by atoms with Gasteiger partial charge in [-0.1, -0.05) is 19.1 Å². The highest BCUT2D eigenvalue weighted by molar-refractivity contribution is 7.99. The zero-order valence-corrected chi connectivity index (χ0v) is 11.0. The van der Waals surface area contributed by atoms with Gasteiger partial charge in [-0.05, 0) is 23.4 Å². The summed E-state index contributed by atoms with van der Waals surface area (Å²) in [7, 11) is 0. The molecule has 1 aromatic rings. The summed E-state index contributed by atoms with van der Waals surface area (Å²) in [5.74, 6) is 1.10. The van der Waals surface area contributed by atoms with Crippen LogP contribution in [0.1, 0.15) is 18.5 Å². The van der Waals surface area contributed by atoms with Gasteiger partial charge in [0.1, 0.15) is 0 Å². The Labute approximate surface area is 107 Å². The highest BCUT2D eigenvalue weighted by Crippen LogP contribution is 2.22. The molecule has 1 fully saturated rings. The minimum atomic E-state index is -0.0384. The summed E-state index contributed by atoms with van der Waals surface area (Å²) in [5.41, 5.74) is 7.37. The molecule has 0 saturated carbocycles. The summed E-state index contributed by atoms with van der Waals surface area (Å²) in [6, 6.07) is 8.46. The molecule has 0 bridgehead atoms. The van der Waals surface area contributed by atoms with Crippen LogP contribution in [-0.2, 0) is 4.74 Å². The lowest BCUT2D eigenvalue weighted by Crippen LogP contribution is -2.44. The average molecular weight is 252 g/mol. The van der Waals surface area contributed by atoms with Gasteiger partial charge in [0.05, 0.1) is 18.8 Å². The van der Waals surface area contributed by atoms with E-state index in [0.717, 1.165) is 31.0 Å². The SMILES string of the molecule is CCSc1ccc(C(N)C2CNCCO2)cc1. The minimum absolute atomic E-state index is 0.0384. The number of ether oxygens (including phenoxy) is 1. The van der Waals surface area contributed by atoms with Gasteiger partial charge in [-0.25, -0.2) is 0 Å². The van der Waals surface area contributed by atoms with Gasteiger partial charge < -0.3 is 15.8 Å². The van der Waals surface area contributed by atoms with Crippen molar-refractivity contribution >= 4 is 11.8 Å². The molecule has 17 heavy (non-hydrogen) atoms. The van der Waals surface area contributed by atoms with Gasteiger partial charge in [-0.15, -0.1) is 11.8 Å². The Morgan fingerprint density at radius 1 is 1.47 bits per heavy atom. The van der Waals surface area contributed by atoms with Gasteiger partial charge in [-0.3, -0.25) is 0 Å². The van der Waals surface area contributed by atoms with E-state index in [1.54, 1.807) is 0 Å². The van der Waals surface area contributed by atoms with Gasteiger partial charge in [0, 0.05) is 18.0 Å². The van der Waals surface area contributed by atoms with Crippen LogP contribution in [0.25, 0.3) is 0 Å². The van der Waals surface area contributed by atoms with E-state index in [0.29, 0.717) is 0 Å². The van der Waals surface area contributed by atoms with E-state index in [2.05, 4.69) is 36.5 Å². The van der Waals surface area contributed by atoms with Crippen molar-refractivity contribution in [3.63, 3.8) is 0 Å². The Hall–Kier alpha value is -0.550. The monoisotopic (exact) mass is 252 g/mol. The number of morpholine rings is 1. The smallest absolute Gasteiger partial charge is 0.0892 e. The normalized spacial score (nSPS) is 22.4. The highest BCUT2D eigenvalue weighted by atomic mass is 32.2. The van der Waals surface area contributed by atoms with Crippen LogP contribution in [0.5, 0.6) is 0 Å². The van der Waals surface area contributed by atoms with Crippen molar-refractivity contribution in [2.45, 2.75) is 24.0 Å². The first-order chi connectivity index (χ1) is 8.31. The molecule has 2 atom stereocenters. The fraction of sp³-hybridized carbons (Fsp3) is 0.538. The van der Waals surface area contributed by atoms with Crippen LogP contribution in [0.4, 0.5) is 0 Å². The molecule has 1 saturated heterocycles. The molecule has 0 aliphatic carbocycles. The van der Waals surface area contributed by atoms with Crippen LogP contribution in [0.15, 0.2) is 29.2 Å². The second-order valence-electron chi connectivity index (χ2n) is 4.14. The first-order valence-corrected chi connectivity index (χ1v) is 7.10. The van der Waals surface area contributed by atoms with Crippen molar-refractivity contribution < 1.29 is 4.74 Å². The minimum Gasteiger partial charge on any atom is -0.374 e. The summed E-state index contributed by atoms with van der Waals surface area (Å²) in [6.07, 6.45) is 0.0911. The predicted molar refractivity (Wildman–Crippen MR) is 72.4 cm³/mol. The maximum absolute atomic E-state index is 6.22. The Morgan fingerprint density at radius 3 is 2.82 bits per heavy atom. The molecular weight excluding hydrogens is 232 g/mol. The van der Waals surface area contributed by atoms with Gasteiger partial charge in [0.25, 0.3) is 0 Å². The maximum Gasteiger partial charge on any atom is 0.0892 e. The molecule has 94 valence electrons. The molecular formula is C13H20N2OS. The molecule has 3 N–H and O–H groups in total. The molecule has 1 aromatic carbocycles. The molecule has 2 rings (SSSR count). The topological polar surface area (TPSA) is 47.3 Å². The van der Waals surface area contributed by atoms with Crippen molar-refractivity contribution in [1.82, 2.24) is 5.32 Å². The van der Waals surface area contributed by atoms with Crippen LogP contribution in [0.2, 0.25) is 0 Å². The zero-order chi connectivity index (χ0) is 12.1. The quantitative estimate of drug-likeness (QED) is 0.802. The Bertz CT molecular complexity index is 336. The number of rotatable bonds is 4. The fourth-order valence-electron chi connectivity index (χ4n) is 1.98. The first kappa shape index (κ1) is 12.9. The number of benzene rings is 1. The number of thioether (sulfide) groups is 1. The molecule has 3 nitrogen and oxygen atoms in total. The van der Waals surface area contributed by atoms with Gasteiger partial charge in [-0.2, -0.15) is 0 Å². The fourth-order valence-corrected chi connectivity index (χ4v) is 2.65. The van der Waals surface area contributed by atoms with Gasteiger partial charge in [0.15, 0.2) is 0 Å². The second kappa shape index (κ2) is 6.40. The third-order valence-corrected chi connectivity index (χ3v) is 3.83. The lowest BCUT2D eigenvalue weighted by molar-refractivity contribution is 0.0122. The summed E-state index contributed by atoms with van der Waals surface area (Å²) < 4.78 is 5.68. The number of hydrogen-bond acceptors (Lipinski definition) is 4. The Morgan fingerprint density at radius 2 is 2.24 bits per heavy atom. The molecule has 1 aliphatic rings. The molecule has 2 unspecified atom stereocenters. The van der Waals surface area contributed by atoms with Crippen molar-refractivity contribution in [3.8, 4) is 0 Å². The summed E-state index contributed by atoms with van der Waals surface area (Å²) in [6.45, 7) is 4.68. The highest BCUT2D eigenvalue weighted by Gasteiger charge is 2.22. The van der Waals surface area contributed by atoms with Crippen LogP contribution < -0.4 is 11.1 Å². The van der Waals surface area contributed by atoms with E-state index in [9.17, 15) is 0 Å². The van der Waals surface area contributed by atoms with Crippen LogP contribution in [0, 0.1) is 0 Å². The third-order valence-electron chi connectivity index (χ3n) is 2.93. The molecule has 0 amide bonds. The molecule has 0 spiro atoms. The Kier molecular flexibility index (Phi) is 4.86. The Balaban J connectivity index is 2.00. The van der Waals surface area contributed by atoms with Crippen LogP contribution in [0.3, 0.4) is 0 Å². The van der Waals surface area contributed by atoms with Gasteiger partial charge >= 0.3 is 0 Å². The van der Waals surface area contributed by atoms with Crippen molar-refractivity contribution in [3.05, 3.63) is 29.8 Å². The standard InChI is InChI=1S/C13H20N2OS/c1-2-17-11-5-3-10(4-6-11)13(14)12-9-15-7-8-16-12/h3-6,12-13,15H,2,7-9,14H2,1H3. The molecule has 1 heterocycles. The van der Waals surface area contributed by atoms with E-state index in [1.807, 2.05) is 11.8 Å². The largest absolute Gasteiger partial charge is 0.374 e. The first-order valence-electron chi connectivity index (χ1n) is 6.12.